The third-order valence-electron chi connectivity index (χ3n) is 3.69. The molecule has 1 heterocycles. The van der Waals surface area contributed by atoms with Crippen LogP contribution >= 0.6 is 15.9 Å². The molecule has 1 aliphatic rings. The molecule has 22 heavy (non-hydrogen) atoms. The monoisotopic (exact) mass is 365 g/mol. The number of carbonyl (C=O) groups is 1. The number of rotatable bonds is 6. The summed E-state index contributed by atoms with van der Waals surface area (Å²) in [5.74, 6) is -0.0493. The zero-order valence-electron chi connectivity index (χ0n) is 12.4. The van der Waals surface area contributed by atoms with Crippen molar-refractivity contribution in [1.29, 1.82) is 5.26 Å². The van der Waals surface area contributed by atoms with Gasteiger partial charge < -0.3 is 10.1 Å². The summed E-state index contributed by atoms with van der Waals surface area (Å²) in [5.41, 5.74) is 0.778. The van der Waals surface area contributed by atoms with Gasteiger partial charge in [0.2, 0.25) is 5.91 Å². The van der Waals surface area contributed by atoms with E-state index in [-0.39, 0.29) is 5.91 Å². The minimum atomic E-state index is -0.0493. The number of nitrogens with one attached hydrogen (secondary N) is 1. The SMILES string of the molecule is N#CCCN(CC(=O)Nc1ccc(Br)cc1)C1CCOCC1. The van der Waals surface area contributed by atoms with Gasteiger partial charge in [0, 0.05) is 42.4 Å². The summed E-state index contributed by atoms with van der Waals surface area (Å²) >= 11 is 3.37. The number of nitrogens with zero attached hydrogens (tertiary/aromatic N) is 2. The molecule has 1 saturated heterocycles. The van der Waals surface area contributed by atoms with Crippen LogP contribution in [-0.4, -0.2) is 43.2 Å². The molecule has 1 amide bonds. The van der Waals surface area contributed by atoms with Crippen LogP contribution in [0.3, 0.4) is 0 Å². The molecule has 0 unspecified atom stereocenters. The van der Waals surface area contributed by atoms with Crippen LogP contribution in [0.15, 0.2) is 28.7 Å². The van der Waals surface area contributed by atoms with Crippen molar-refractivity contribution in [3.63, 3.8) is 0 Å². The van der Waals surface area contributed by atoms with Crippen molar-refractivity contribution in [1.82, 2.24) is 4.90 Å². The molecule has 0 aromatic heterocycles. The molecule has 0 atom stereocenters. The molecule has 0 bridgehead atoms. The summed E-state index contributed by atoms with van der Waals surface area (Å²) in [6.07, 6.45) is 2.26. The van der Waals surface area contributed by atoms with E-state index >= 15 is 0 Å². The Labute approximate surface area is 139 Å². The molecule has 0 saturated carbocycles. The summed E-state index contributed by atoms with van der Waals surface area (Å²) in [6.45, 7) is 2.38. The van der Waals surface area contributed by atoms with Crippen molar-refractivity contribution in [2.75, 3.05) is 31.6 Å². The third-order valence-corrected chi connectivity index (χ3v) is 4.22. The van der Waals surface area contributed by atoms with Gasteiger partial charge in [-0.15, -0.1) is 0 Å². The summed E-state index contributed by atoms with van der Waals surface area (Å²) in [4.78, 5) is 14.3. The molecule has 118 valence electrons. The summed E-state index contributed by atoms with van der Waals surface area (Å²) in [5, 5.41) is 11.7. The maximum absolute atomic E-state index is 12.2. The summed E-state index contributed by atoms with van der Waals surface area (Å²) in [7, 11) is 0. The fraction of sp³-hybridized carbons (Fsp3) is 0.500. The Bertz CT molecular complexity index is 521. The van der Waals surface area contributed by atoms with Gasteiger partial charge in [-0.05, 0) is 37.1 Å². The van der Waals surface area contributed by atoms with Crippen LogP contribution < -0.4 is 5.32 Å². The molecule has 0 radical (unpaired) electrons. The van der Waals surface area contributed by atoms with Gasteiger partial charge in [-0.1, -0.05) is 15.9 Å². The molecule has 1 fully saturated rings. The lowest BCUT2D eigenvalue weighted by atomic mass is 10.1. The van der Waals surface area contributed by atoms with Crippen LogP contribution in [0.25, 0.3) is 0 Å². The van der Waals surface area contributed by atoms with Crippen LogP contribution in [0, 0.1) is 11.3 Å². The normalized spacial score (nSPS) is 15.5. The Kier molecular flexibility index (Phi) is 6.84. The van der Waals surface area contributed by atoms with E-state index in [2.05, 4.69) is 32.2 Å². The van der Waals surface area contributed by atoms with Crippen molar-refractivity contribution in [2.24, 2.45) is 0 Å². The number of nitriles is 1. The number of amides is 1. The van der Waals surface area contributed by atoms with Crippen molar-refractivity contribution in [2.45, 2.75) is 25.3 Å². The van der Waals surface area contributed by atoms with Crippen molar-refractivity contribution in [3.8, 4) is 6.07 Å². The maximum atomic E-state index is 12.2. The van der Waals surface area contributed by atoms with Crippen molar-refractivity contribution < 1.29 is 9.53 Å². The Morgan fingerprint density at radius 3 is 2.68 bits per heavy atom. The highest BCUT2D eigenvalue weighted by atomic mass is 79.9. The van der Waals surface area contributed by atoms with Crippen molar-refractivity contribution in [3.05, 3.63) is 28.7 Å². The highest BCUT2D eigenvalue weighted by Crippen LogP contribution is 2.16. The van der Waals surface area contributed by atoms with Gasteiger partial charge in [0.25, 0.3) is 0 Å². The maximum Gasteiger partial charge on any atom is 0.238 e. The minimum absolute atomic E-state index is 0.0493. The minimum Gasteiger partial charge on any atom is -0.381 e. The quantitative estimate of drug-likeness (QED) is 0.841. The first-order valence-corrected chi connectivity index (χ1v) is 8.22. The van der Waals surface area contributed by atoms with E-state index < -0.39 is 0 Å². The molecule has 1 aromatic rings. The van der Waals surface area contributed by atoms with Gasteiger partial charge in [0.1, 0.15) is 0 Å². The molecular weight excluding hydrogens is 346 g/mol. The number of anilines is 1. The van der Waals surface area contributed by atoms with E-state index in [0.717, 1.165) is 36.2 Å². The molecule has 0 aliphatic carbocycles. The molecule has 5 nitrogen and oxygen atoms in total. The van der Waals surface area contributed by atoms with Gasteiger partial charge in [-0.3, -0.25) is 9.69 Å². The topological polar surface area (TPSA) is 65.4 Å². The smallest absolute Gasteiger partial charge is 0.238 e. The second-order valence-corrected chi connectivity index (χ2v) is 6.19. The first-order chi connectivity index (χ1) is 10.7. The van der Waals surface area contributed by atoms with Gasteiger partial charge >= 0.3 is 0 Å². The lowest BCUT2D eigenvalue weighted by Gasteiger charge is -2.33. The highest BCUT2D eigenvalue weighted by Gasteiger charge is 2.23. The first kappa shape index (κ1) is 16.9. The largest absolute Gasteiger partial charge is 0.381 e. The second-order valence-electron chi connectivity index (χ2n) is 5.28. The van der Waals surface area contributed by atoms with Crippen LogP contribution in [0.5, 0.6) is 0 Å². The van der Waals surface area contributed by atoms with Gasteiger partial charge in [-0.2, -0.15) is 5.26 Å². The first-order valence-electron chi connectivity index (χ1n) is 7.43. The fourth-order valence-corrected chi connectivity index (χ4v) is 2.82. The van der Waals surface area contributed by atoms with Gasteiger partial charge in [-0.25, -0.2) is 0 Å². The Balaban J connectivity index is 1.91. The summed E-state index contributed by atoms with van der Waals surface area (Å²) < 4.78 is 6.34. The molecule has 6 heteroatoms. The highest BCUT2D eigenvalue weighted by molar-refractivity contribution is 9.10. The standard InChI is InChI=1S/C16H20BrN3O2/c17-13-2-4-14(5-3-13)19-16(21)12-20(9-1-8-18)15-6-10-22-11-7-15/h2-5,15H,1,6-7,9-12H2,(H,19,21). The zero-order chi connectivity index (χ0) is 15.8. The van der Waals surface area contributed by atoms with Gasteiger partial charge in [0.15, 0.2) is 0 Å². The van der Waals surface area contributed by atoms with Crippen LogP contribution in [-0.2, 0) is 9.53 Å². The van der Waals surface area contributed by atoms with E-state index in [4.69, 9.17) is 10.00 Å². The van der Waals surface area contributed by atoms with Gasteiger partial charge in [0.05, 0.1) is 12.6 Å². The number of hydrogen-bond acceptors (Lipinski definition) is 4. The molecular formula is C16H20BrN3O2. The molecule has 1 N–H and O–H groups in total. The zero-order valence-corrected chi connectivity index (χ0v) is 14.0. The van der Waals surface area contributed by atoms with Crippen LogP contribution in [0.4, 0.5) is 5.69 Å². The average molecular weight is 366 g/mol. The van der Waals surface area contributed by atoms with Crippen molar-refractivity contribution >= 4 is 27.5 Å². The Hall–Kier alpha value is -1.42. The van der Waals surface area contributed by atoms with Crippen LogP contribution in [0.1, 0.15) is 19.3 Å². The third kappa shape index (κ3) is 5.41. The van der Waals surface area contributed by atoms with E-state index in [0.29, 0.717) is 25.6 Å². The summed E-state index contributed by atoms with van der Waals surface area (Å²) in [6, 6.07) is 9.97. The lowest BCUT2D eigenvalue weighted by molar-refractivity contribution is -0.118. The lowest BCUT2D eigenvalue weighted by Crippen LogP contribution is -2.44. The molecule has 1 aliphatic heterocycles. The molecule has 0 spiro atoms. The number of halogens is 1. The number of benzene rings is 1. The predicted octanol–water partition coefficient (Wildman–Crippen LogP) is 2.78. The predicted molar refractivity (Wildman–Crippen MR) is 88.4 cm³/mol. The number of ether oxygens (including phenoxy) is 1. The van der Waals surface area contributed by atoms with Crippen LogP contribution in [0.2, 0.25) is 0 Å². The second kappa shape index (κ2) is 8.89. The van der Waals surface area contributed by atoms with E-state index in [1.54, 1.807) is 0 Å². The molecule has 2 rings (SSSR count). The Morgan fingerprint density at radius 1 is 1.36 bits per heavy atom. The number of hydrogen-bond donors (Lipinski definition) is 1. The fourth-order valence-electron chi connectivity index (χ4n) is 2.55. The van der Waals surface area contributed by atoms with E-state index in [1.165, 1.54) is 0 Å². The molecule has 1 aromatic carbocycles. The average Bonchev–Trinajstić information content (AvgIpc) is 2.54. The van der Waals surface area contributed by atoms with E-state index in [1.807, 2.05) is 24.3 Å². The number of carbonyl (C=O) groups excluding carboxylic acids is 1. The Morgan fingerprint density at radius 2 is 2.05 bits per heavy atom. The van der Waals surface area contributed by atoms with E-state index in [9.17, 15) is 4.79 Å².